The maximum absolute atomic E-state index is 3.80. The van der Waals surface area contributed by atoms with Crippen molar-refractivity contribution in [3.8, 4) is 0 Å². The third-order valence-electron chi connectivity index (χ3n) is 3.83. The number of hydrogen-bond acceptors (Lipinski definition) is 2. The fourth-order valence-electron chi connectivity index (χ4n) is 3.16. The molecule has 0 aromatic heterocycles. The lowest BCUT2D eigenvalue weighted by molar-refractivity contribution is 0.139. The van der Waals surface area contributed by atoms with E-state index >= 15 is 0 Å². The molecule has 2 heteroatoms. The van der Waals surface area contributed by atoms with E-state index in [-0.39, 0.29) is 0 Å². The Hall–Kier alpha value is -0.0800. The van der Waals surface area contributed by atoms with Crippen LogP contribution in [-0.2, 0) is 0 Å². The van der Waals surface area contributed by atoms with E-state index in [9.17, 15) is 0 Å². The van der Waals surface area contributed by atoms with E-state index in [1.807, 2.05) is 0 Å². The molecule has 96 valence electrons. The zero-order valence-electron chi connectivity index (χ0n) is 12.0. The zero-order chi connectivity index (χ0) is 12.3. The number of hydrogen-bond donors (Lipinski definition) is 1. The molecule has 0 spiro atoms. The van der Waals surface area contributed by atoms with E-state index in [1.165, 1.54) is 19.3 Å². The van der Waals surface area contributed by atoms with Crippen LogP contribution in [0.2, 0.25) is 0 Å². The molecule has 0 heterocycles. The summed E-state index contributed by atoms with van der Waals surface area (Å²) in [5, 5.41) is 3.80. The minimum Gasteiger partial charge on any atom is -0.310 e. The van der Waals surface area contributed by atoms with E-state index < -0.39 is 0 Å². The molecule has 0 amide bonds. The summed E-state index contributed by atoms with van der Waals surface area (Å²) in [6.45, 7) is 10.6. The highest BCUT2D eigenvalue weighted by Gasteiger charge is 2.32. The lowest BCUT2D eigenvalue weighted by Gasteiger charge is -2.41. The molecule has 0 saturated heterocycles. The molecule has 1 saturated carbocycles. The molecule has 0 aromatic rings. The predicted molar refractivity (Wildman–Crippen MR) is 71.7 cm³/mol. The highest BCUT2D eigenvalue weighted by atomic mass is 15.1. The van der Waals surface area contributed by atoms with Crippen molar-refractivity contribution in [1.29, 1.82) is 0 Å². The van der Waals surface area contributed by atoms with Crippen molar-refractivity contribution in [1.82, 2.24) is 10.2 Å². The monoisotopic (exact) mass is 226 g/mol. The number of likely N-dealkylation sites (N-methyl/N-ethyl adjacent to an activating group) is 1. The first-order valence-corrected chi connectivity index (χ1v) is 6.71. The Labute approximate surface area is 102 Å². The van der Waals surface area contributed by atoms with Gasteiger partial charge < -0.3 is 10.2 Å². The van der Waals surface area contributed by atoms with Crippen LogP contribution in [0, 0.1) is 11.3 Å². The van der Waals surface area contributed by atoms with Crippen LogP contribution in [0.25, 0.3) is 0 Å². The first-order valence-electron chi connectivity index (χ1n) is 6.71. The second kappa shape index (κ2) is 5.50. The molecular weight excluding hydrogens is 196 g/mol. The summed E-state index contributed by atoms with van der Waals surface area (Å²) in [5.41, 5.74) is 0.558. The van der Waals surface area contributed by atoms with Crippen LogP contribution >= 0.6 is 0 Å². The van der Waals surface area contributed by atoms with Crippen LogP contribution in [0.3, 0.4) is 0 Å². The third kappa shape index (κ3) is 4.42. The highest BCUT2D eigenvalue weighted by Crippen LogP contribution is 2.38. The predicted octanol–water partition coefficient (Wildman–Crippen LogP) is 2.74. The molecule has 3 atom stereocenters. The molecule has 0 aliphatic heterocycles. The average Bonchev–Trinajstić information content (AvgIpc) is 2.07. The van der Waals surface area contributed by atoms with Crippen molar-refractivity contribution in [3.63, 3.8) is 0 Å². The zero-order valence-corrected chi connectivity index (χ0v) is 12.0. The van der Waals surface area contributed by atoms with Crippen LogP contribution in [0.1, 0.15) is 47.0 Å². The van der Waals surface area contributed by atoms with Gasteiger partial charge in [-0.1, -0.05) is 20.8 Å². The maximum Gasteiger partial charge on any atom is 0.0169 e. The Morgan fingerprint density at radius 2 is 2.00 bits per heavy atom. The molecule has 1 aliphatic rings. The average molecular weight is 226 g/mol. The summed E-state index contributed by atoms with van der Waals surface area (Å²) >= 11 is 0. The van der Waals surface area contributed by atoms with Gasteiger partial charge in [0, 0.05) is 18.6 Å². The standard InChI is InChI=1S/C14H30N2/c1-11-9-14(3,4)8-7-13(11)15-12(2)10-16(5)6/h11-13,15H,7-10H2,1-6H3. The molecule has 0 aromatic carbocycles. The molecule has 1 fully saturated rings. The molecular formula is C14H30N2. The van der Waals surface area contributed by atoms with Crippen molar-refractivity contribution in [3.05, 3.63) is 0 Å². The van der Waals surface area contributed by atoms with Gasteiger partial charge in [0.1, 0.15) is 0 Å². The molecule has 1 rings (SSSR count). The second-order valence-electron chi connectivity index (χ2n) is 6.82. The van der Waals surface area contributed by atoms with Gasteiger partial charge in [0.15, 0.2) is 0 Å². The van der Waals surface area contributed by atoms with Crippen LogP contribution in [-0.4, -0.2) is 37.6 Å². The van der Waals surface area contributed by atoms with Crippen molar-refractivity contribution < 1.29 is 0 Å². The molecule has 0 radical (unpaired) electrons. The van der Waals surface area contributed by atoms with Crippen LogP contribution in [0.4, 0.5) is 0 Å². The number of nitrogens with one attached hydrogen (secondary N) is 1. The SMILES string of the molecule is CC(CN(C)C)NC1CCC(C)(C)CC1C. The van der Waals surface area contributed by atoms with Crippen LogP contribution in [0.5, 0.6) is 0 Å². The summed E-state index contributed by atoms with van der Waals surface area (Å²) in [6.07, 6.45) is 4.06. The Kier molecular flexibility index (Phi) is 4.81. The van der Waals surface area contributed by atoms with Gasteiger partial charge in [-0.3, -0.25) is 0 Å². The van der Waals surface area contributed by atoms with Crippen molar-refractivity contribution in [2.75, 3.05) is 20.6 Å². The maximum atomic E-state index is 3.80. The summed E-state index contributed by atoms with van der Waals surface area (Å²) < 4.78 is 0. The Morgan fingerprint density at radius 3 is 2.50 bits per heavy atom. The van der Waals surface area contributed by atoms with Gasteiger partial charge in [0.25, 0.3) is 0 Å². The lowest BCUT2D eigenvalue weighted by Crippen LogP contribution is -2.48. The van der Waals surface area contributed by atoms with E-state index in [2.05, 4.69) is 52.0 Å². The first-order chi connectivity index (χ1) is 7.30. The smallest absolute Gasteiger partial charge is 0.0169 e. The summed E-state index contributed by atoms with van der Waals surface area (Å²) in [5.74, 6) is 0.813. The summed E-state index contributed by atoms with van der Waals surface area (Å²) in [7, 11) is 4.29. The topological polar surface area (TPSA) is 15.3 Å². The molecule has 2 nitrogen and oxygen atoms in total. The van der Waals surface area contributed by atoms with Gasteiger partial charge in [-0.05, 0) is 51.6 Å². The molecule has 1 N–H and O–H groups in total. The van der Waals surface area contributed by atoms with Crippen molar-refractivity contribution >= 4 is 0 Å². The van der Waals surface area contributed by atoms with E-state index in [0.717, 1.165) is 18.5 Å². The molecule has 3 unspecified atom stereocenters. The van der Waals surface area contributed by atoms with Crippen LogP contribution in [0.15, 0.2) is 0 Å². The van der Waals surface area contributed by atoms with Crippen molar-refractivity contribution in [2.24, 2.45) is 11.3 Å². The summed E-state index contributed by atoms with van der Waals surface area (Å²) in [6, 6.07) is 1.33. The van der Waals surface area contributed by atoms with Gasteiger partial charge in [-0.25, -0.2) is 0 Å². The number of nitrogens with zero attached hydrogens (tertiary/aromatic N) is 1. The van der Waals surface area contributed by atoms with Gasteiger partial charge in [0.05, 0.1) is 0 Å². The van der Waals surface area contributed by atoms with Gasteiger partial charge in [0.2, 0.25) is 0 Å². The van der Waals surface area contributed by atoms with Gasteiger partial charge in [-0.15, -0.1) is 0 Å². The normalized spacial score (nSPS) is 31.7. The second-order valence-corrected chi connectivity index (χ2v) is 6.82. The summed E-state index contributed by atoms with van der Waals surface area (Å²) in [4.78, 5) is 2.26. The molecule has 1 aliphatic carbocycles. The Balaban J connectivity index is 2.38. The Bertz CT molecular complexity index is 211. The van der Waals surface area contributed by atoms with Crippen LogP contribution < -0.4 is 5.32 Å². The van der Waals surface area contributed by atoms with Gasteiger partial charge in [-0.2, -0.15) is 0 Å². The van der Waals surface area contributed by atoms with Gasteiger partial charge >= 0.3 is 0 Å². The highest BCUT2D eigenvalue weighted by molar-refractivity contribution is 4.88. The van der Waals surface area contributed by atoms with E-state index in [4.69, 9.17) is 0 Å². The number of rotatable bonds is 4. The largest absolute Gasteiger partial charge is 0.310 e. The third-order valence-corrected chi connectivity index (χ3v) is 3.83. The van der Waals surface area contributed by atoms with E-state index in [0.29, 0.717) is 11.5 Å². The van der Waals surface area contributed by atoms with Crippen molar-refractivity contribution in [2.45, 2.75) is 59.0 Å². The first kappa shape index (κ1) is 14.0. The minimum atomic E-state index is 0.558. The minimum absolute atomic E-state index is 0.558. The quantitative estimate of drug-likeness (QED) is 0.793. The fraction of sp³-hybridized carbons (Fsp3) is 1.00. The molecule has 16 heavy (non-hydrogen) atoms. The fourth-order valence-corrected chi connectivity index (χ4v) is 3.16. The van der Waals surface area contributed by atoms with E-state index in [1.54, 1.807) is 0 Å². The molecule has 0 bridgehead atoms. The lowest BCUT2D eigenvalue weighted by atomic mass is 9.70. The Morgan fingerprint density at radius 1 is 1.38 bits per heavy atom.